The van der Waals surface area contributed by atoms with E-state index in [1.165, 1.54) is 17.5 Å². The summed E-state index contributed by atoms with van der Waals surface area (Å²) in [6.07, 6.45) is 3.23. The third-order valence-corrected chi connectivity index (χ3v) is 2.73. The summed E-state index contributed by atoms with van der Waals surface area (Å²) in [4.78, 5) is 16.2. The molecule has 1 unspecified atom stereocenters. The van der Waals surface area contributed by atoms with Crippen molar-refractivity contribution in [2.45, 2.75) is 13.0 Å². The number of aliphatic hydroxyl groups excluding tert-OH is 1. The van der Waals surface area contributed by atoms with Gasteiger partial charge in [-0.2, -0.15) is 0 Å². The third kappa shape index (κ3) is 3.63. The first kappa shape index (κ1) is 12.7. The molecule has 1 rings (SSSR count). The SMILES string of the molecule is C=CCNc1ncc(C(=O)NC(C)CO)s1. The molecule has 88 valence electrons. The van der Waals surface area contributed by atoms with E-state index in [-0.39, 0.29) is 18.6 Å². The van der Waals surface area contributed by atoms with Crippen molar-refractivity contribution in [3.05, 3.63) is 23.7 Å². The first-order valence-corrected chi connectivity index (χ1v) is 5.71. The van der Waals surface area contributed by atoms with Gasteiger partial charge in [0.05, 0.1) is 12.8 Å². The minimum absolute atomic E-state index is 0.0773. The fourth-order valence-corrected chi connectivity index (χ4v) is 1.69. The minimum Gasteiger partial charge on any atom is -0.394 e. The number of carbonyl (C=O) groups is 1. The van der Waals surface area contributed by atoms with Crippen molar-refractivity contribution in [3.63, 3.8) is 0 Å². The second kappa shape index (κ2) is 6.24. The highest BCUT2D eigenvalue weighted by Crippen LogP contribution is 2.17. The van der Waals surface area contributed by atoms with Gasteiger partial charge in [-0.15, -0.1) is 6.58 Å². The van der Waals surface area contributed by atoms with Crippen LogP contribution in [-0.4, -0.2) is 35.2 Å². The number of aliphatic hydroxyl groups is 1. The molecule has 5 nitrogen and oxygen atoms in total. The molecule has 6 heteroatoms. The van der Waals surface area contributed by atoms with Crippen molar-refractivity contribution in [1.82, 2.24) is 10.3 Å². The Labute approximate surface area is 98.2 Å². The Balaban J connectivity index is 2.56. The van der Waals surface area contributed by atoms with Crippen molar-refractivity contribution in [1.29, 1.82) is 0 Å². The van der Waals surface area contributed by atoms with E-state index < -0.39 is 0 Å². The van der Waals surface area contributed by atoms with E-state index in [4.69, 9.17) is 5.11 Å². The molecule has 0 aliphatic heterocycles. The average molecular weight is 241 g/mol. The van der Waals surface area contributed by atoms with E-state index >= 15 is 0 Å². The summed E-state index contributed by atoms with van der Waals surface area (Å²) in [5, 5.41) is 15.1. The Bertz CT molecular complexity index is 365. The first-order chi connectivity index (χ1) is 7.67. The van der Waals surface area contributed by atoms with Crippen molar-refractivity contribution < 1.29 is 9.90 Å². The maximum atomic E-state index is 11.6. The summed E-state index contributed by atoms with van der Waals surface area (Å²) in [6.45, 7) is 5.84. The molecular weight excluding hydrogens is 226 g/mol. The minimum atomic E-state index is -0.251. The summed E-state index contributed by atoms with van der Waals surface area (Å²) in [6, 6.07) is -0.251. The fraction of sp³-hybridized carbons (Fsp3) is 0.400. The Hall–Kier alpha value is -1.40. The number of thiazole rings is 1. The lowest BCUT2D eigenvalue weighted by molar-refractivity contribution is 0.0926. The Morgan fingerprint density at radius 2 is 2.56 bits per heavy atom. The summed E-state index contributed by atoms with van der Waals surface area (Å²) in [5.74, 6) is -0.217. The molecule has 1 heterocycles. The Kier molecular flexibility index (Phi) is 4.94. The number of anilines is 1. The van der Waals surface area contributed by atoms with Crippen LogP contribution in [0.3, 0.4) is 0 Å². The molecule has 0 saturated carbocycles. The topological polar surface area (TPSA) is 74.2 Å². The highest BCUT2D eigenvalue weighted by Gasteiger charge is 2.12. The van der Waals surface area contributed by atoms with Crippen LogP contribution < -0.4 is 10.6 Å². The number of hydrogen-bond donors (Lipinski definition) is 3. The largest absolute Gasteiger partial charge is 0.394 e. The normalized spacial score (nSPS) is 11.9. The van der Waals surface area contributed by atoms with Crippen LogP contribution in [0.5, 0.6) is 0 Å². The lowest BCUT2D eigenvalue weighted by Gasteiger charge is -2.08. The van der Waals surface area contributed by atoms with E-state index in [0.29, 0.717) is 16.6 Å². The summed E-state index contributed by atoms with van der Waals surface area (Å²) in [5.41, 5.74) is 0. The van der Waals surface area contributed by atoms with E-state index in [1.807, 2.05) is 0 Å². The molecule has 0 aliphatic carbocycles. The van der Waals surface area contributed by atoms with Crippen LogP contribution in [0.25, 0.3) is 0 Å². The van der Waals surface area contributed by atoms with Crippen LogP contribution >= 0.6 is 11.3 Å². The lowest BCUT2D eigenvalue weighted by atomic mass is 10.3. The van der Waals surface area contributed by atoms with Crippen molar-refractivity contribution in [2.75, 3.05) is 18.5 Å². The number of aromatic nitrogens is 1. The van der Waals surface area contributed by atoms with Crippen LogP contribution in [0.2, 0.25) is 0 Å². The number of nitrogens with zero attached hydrogens (tertiary/aromatic N) is 1. The van der Waals surface area contributed by atoms with Gasteiger partial charge in [0.1, 0.15) is 4.88 Å². The van der Waals surface area contributed by atoms with Crippen molar-refractivity contribution >= 4 is 22.4 Å². The van der Waals surface area contributed by atoms with Gasteiger partial charge in [0.2, 0.25) is 0 Å². The van der Waals surface area contributed by atoms with Crippen molar-refractivity contribution in [3.8, 4) is 0 Å². The molecular formula is C10H15N3O2S. The highest BCUT2D eigenvalue weighted by atomic mass is 32.1. The maximum absolute atomic E-state index is 11.6. The van der Waals surface area contributed by atoms with Crippen LogP contribution in [0, 0.1) is 0 Å². The lowest BCUT2D eigenvalue weighted by Crippen LogP contribution is -2.34. The zero-order valence-electron chi connectivity index (χ0n) is 9.06. The molecule has 16 heavy (non-hydrogen) atoms. The smallest absolute Gasteiger partial charge is 0.263 e. The van der Waals surface area contributed by atoms with E-state index in [0.717, 1.165) is 0 Å². The van der Waals surface area contributed by atoms with Gasteiger partial charge in [-0.05, 0) is 6.92 Å². The molecule has 0 aromatic carbocycles. The number of hydrogen-bond acceptors (Lipinski definition) is 5. The van der Waals surface area contributed by atoms with E-state index in [2.05, 4.69) is 22.2 Å². The van der Waals surface area contributed by atoms with E-state index in [1.54, 1.807) is 13.0 Å². The number of amides is 1. The fourth-order valence-electron chi connectivity index (χ4n) is 0.961. The van der Waals surface area contributed by atoms with Crippen LogP contribution in [-0.2, 0) is 0 Å². The van der Waals surface area contributed by atoms with E-state index in [9.17, 15) is 4.79 Å². The third-order valence-electron chi connectivity index (χ3n) is 1.78. The van der Waals surface area contributed by atoms with Gasteiger partial charge < -0.3 is 15.7 Å². The summed E-state index contributed by atoms with van der Waals surface area (Å²) < 4.78 is 0. The predicted molar refractivity (Wildman–Crippen MR) is 64.8 cm³/mol. The van der Waals surface area contributed by atoms with Gasteiger partial charge in [0.15, 0.2) is 5.13 Å². The molecule has 1 amide bonds. The number of rotatable bonds is 6. The molecule has 1 aromatic heterocycles. The number of nitrogens with one attached hydrogen (secondary N) is 2. The Morgan fingerprint density at radius 3 is 3.19 bits per heavy atom. The molecule has 3 N–H and O–H groups in total. The molecule has 0 aliphatic rings. The molecule has 0 bridgehead atoms. The van der Waals surface area contributed by atoms with Gasteiger partial charge in [-0.3, -0.25) is 4.79 Å². The first-order valence-electron chi connectivity index (χ1n) is 4.89. The Morgan fingerprint density at radius 1 is 1.81 bits per heavy atom. The second-order valence-electron chi connectivity index (χ2n) is 3.26. The quantitative estimate of drug-likeness (QED) is 0.646. The van der Waals surface area contributed by atoms with Crippen LogP contribution in [0.4, 0.5) is 5.13 Å². The molecule has 0 spiro atoms. The van der Waals surface area contributed by atoms with Crippen LogP contribution in [0.15, 0.2) is 18.9 Å². The molecule has 0 fully saturated rings. The zero-order chi connectivity index (χ0) is 12.0. The van der Waals surface area contributed by atoms with Gasteiger partial charge in [0.25, 0.3) is 5.91 Å². The van der Waals surface area contributed by atoms with Gasteiger partial charge in [0, 0.05) is 12.6 Å². The molecule has 0 saturated heterocycles. The van der Waals surface area contributed by atoms with Crippen LogP contribution in [0.1, 0.15) is 16.6 Å². The highest BCUT2D eigenvalue weighted by molar-refractivity contribution is 7.17. The summed E-state index contributed by atoms with van der Waals surface area (Å²) in [7, 11) is 0. The molecule has 1 aromatic rings. The van der Waals surface area contributed by atoms with Gasteiger partial charge >= 0.3 is 0 Å². The maximum Gasteiger partial charge on any atom is 0.263 e. The molecule has 0 radical (unpaired) electrons. The zero-order valence-corrected chi connectivity index (χ0v) is 9.88. The van der Waals surface area contributed by atoms with Gasteiger partial charge in [-0.1, -0.05) is 17.4 Å². The monoisotopic (exact) mass is 241 g/mol. The number of carbonyl (C=O) groups excluding carboxylic acids is 1. The van der Waals surface area contributed by atoms with Crippen molar-refractivity contribution in [2.24, 2.45) is 0 Å². The second-order valence-corrected chi connectivity index (χ2v) is 4.29. The predicted octanol–water partition coefficient (Wildman–Crippen LogP) is 0.852. The summed E-state index contributed by atoms with van der Waals surface area (Å²) >= 11 is 1.27. The standard InChI is InChI=1S/C10H15N3O2S/c1-3-4-11-10-12-5-8(16-10)9(15)13-7(2)6-14/h3,5,7,14H,1,4,6H2,2H3,(H,11,12)(H,13,15). The average Bonchev–Trinajstić information content (AvgIpc) is 2.74. The van der Waals surface area contributed by atoms with Gasteiger partial charge in [-0.25, -0.2) is 4.98 Å². The molecule has 1 atom stereocenters.